The number of amides is 2. The fraction of sp³-hybridized carbons (Fsp3) is 0.273. The number of nitrogens with zero attached hydrogens (tertiary/aromatic N) is 1. The summed E-state index contributed by atoms with van der Waals surface area (Å²) in [5.74, 6) is -0.577. The maximum absolute atomic E-state index is 13.4. The SMILES string of the molecule is O=C(NCc1cc2ccccc2s1)[C@H]1CCC(=O)N(Cc2cccc(F)c2)C1. The van der Waals surface area contributed by atoms with E-state index < -0.39 is 0 Å². The van der Waals surface area contributed by atoms with Crippen LogP contribution in [0.1, 0.15) is 23.3 Å². The summed E-state index contributed by atoms with van der Waals surface area (Å²) in [5, 5.41) is 4.19. The molecule has 28 heavy (non-hydrogen) atoms. The highest BCUT2D eigenvalue weighted by Gasteiger charge is 2.30. The summed E-state index contributed by atoms with van der Waals surface area (Å²) < 4.78 is 14.6. The lowest BCUT2D eigenvalue weighted by atomic mass is 9.96. The number of rotatable bonds is 5. The third-order valence-corrected chi connectivity index (χ3v) is 6.16. The summed E-state index contributed by atoms with van der Waals surface area (Å²) >= 11 is 1.68. The van der Waals surface area contributed by atoms with Gasteiger partial charge in [-0.05, 0) is 41.6 Å². The van der Waals surface area contributed by atoms with Crippen LogP contribution in [-0.4, -0.2) is 23.3 Å². The summed E-state index contributed by atoms with van der Waals surface area (Å²) in [4.78, 5) is 27.6. The molecule has 144 valence electrons. The van der Waals surface area contributed by atoms with Gasteiger partial charge in [-0.3, -0.25) is 9.59 Å². The molecular formula is C22H21FN2O2S. The van der Waals surface area contributed by atoms with Gasteiger partial charge in [-0.2, -0.15) is 0 Å². The van der Waals surface area contributed by atoms with E-state index in [2.05, 4.69) is 23.5 Å². The number of halogens is 1. The molecule has 2 amide bonds. The van der Waals surface area contributed by atoms with E-state index >= 15 is 0 Å². The Balaban J connectivity index is 1.36. The number of hydrogen-bond acceptors (Lipinski definition) is 3. The minimum absolute atomic E-state index is 0.0119. The van der Waals surface area contributed by atoms with Crippen LogP contribution in [-0.2, 0) is 22.7 Å². The first kappa shape index (κ1) is 18.6. The van der Waals surface area contributed by atoms with Crippen molar-refractivity contribution >= 4 is 33.2 Å². The van der Waals surface area contributed by atoms with Gasteiger partial charge in [-0.25, -0.2) is 4.39 Å². The number of likely N-dealkylation sites (tertiary alicyclic amines) is 1. The highest BCUT2D eigenvalue weighted by atomic mass is 32.1. The van der Waals surface area contributed by atoms with Gasteiger partial charge < -0.3 is 10.2 Å². The number of carbonyl (C=O) groups is 2. The van der Waals surface area contributed by atoms with Crippen LogP contribution in [0, 0.1) is 11.7 Å². The second-order valence-electron chi connectivity index (χ2n) is 7.11. The van der Waals surface area contributed by atoms with E-state index in [-0.39, 0.29) is 23.5 Å². The van der Waals surface area contributed by atoms with E-state index in [1.807, 2.05) is 12.1 Å². The first-order valence-corrected chi connectivity index (χ1v) is 10.2. The Morgan fingerprint density at radius 3 is 2.86 bits per heavy atom. The highest BCUT2D eigenvalue weighted by Crippen LogP contribution is 2.25. The topological polar surface area (TPSA) is 49.4 Å². The summed E-state index contributed by atoms with van der Waals surface area (Å²) in [6.45, 7) is 1.19. The van der Waals surface area contributed by atoms with Gasteiger partial charge in [-0.15, -0.1) is 11.3 Å². The van der Waals surface area contributed by atoms with Crippen LogP contribution in [0.2, 0.25) is 0 Å². The molecule has 4 nitrogen and oxygen atoms in total. The van der Waals surface area contributed by atoms with Crippen molar-refractivity contribution in [3.63, 3.8) is 0 Å². The number of fused-ring (bicyclic) bond motifs is 1. The van der Waals surface area contributed by atoms with Crippen molar-refractivity contribution in [2.75, 3.05) is 6.54 Å². The van der Waals surface area contributed by atoms with Crippen molar-refractivity contribution in [2.45, 2.75) is 25.9 Å². The molecule has 1 saturated heterocycles. The molecule has 3 aromatic rings. The fourth-order valence-corrected chi connectivity index (χ4v) is 4.58. The highest BCUT2D eigenvalue weighted by molar-refractivity contribution is 7.19. The second-order valence-corrected chi connectivity index (χ2v) is 8.28. The van der Waals surface area contributed by atoms with Gasteiger partial charge in [0.2, 0.25) is 11.8 Å². The van der Waals surface area contributed by atoms with Crippen molar-refractivity contribution in [3.05, 3.63) is 70.9 Å². The van der Waals surface area contributed by atoms with Gasteiger partial charge in [0, 0.05) is 29.1 Å². The van der Waals surface area contributed by atoms with Crippen molar-refractivity contribution in [1.29, 1.82) is 0 Å². The quantitative estimate of drug-likeness (QED) is 0.706. The summed E-state index contributed by atoms with van der Waals surface area (Å²) in [6.07, 6.45) is 0.896. The smallest absolute Gasteiger partial charge is 0.225 e. The van der Waals surface area contributed by atoms with Gasteiger partial charge in [-0.1, -0.05) is 30.3 Å². The molecule has 1 aliphatic heterocycles. The third kappa shape index (κ3) is 4.22. The molecule has 1 N–H and O–H groups in total. The molecule has 0 bridgehead atoms. The Kier molecular flexibility index (Phi) is 5.39. The Hall–Kier alpha value is -2.73. The number of thiophene rings is 1. The van der Waals surface area contributed by atoms with Crippen LogP contribution in [0.3, 0.4) is 0 Å². The van der Waals surface area contributed by atoms with E-state index in [9.17, 15) is 14.0 Å². The minimum Gasteiger partial charge on any atom is -0.351 e. The lowest BCUT2D eigenvalue weighted by molar-refractivity contribution is -0.139. The van der Waals surface area contributed by atoms with Crippen molar-refractivity contribution in [1.82, 2.24) is 10.2 Å². The van der Waals surface area contributed by atoms with Crippen LogP contribution < -0.4 is 5.32 Å². The number of carbonyl (C=O) groups excluding carboxylic acids is 2. The molecule has 4 rings (SSSR count). The Morgan fingerprint density at radius 2 is 2.04 bits per heavy atom. The molecule has 2 aromatic carbocycles. The van der Waals surface area contributed by atoms with E-state index in [0.29, 0.717) is 32.5 Å². The van der Waals surface area contributed by atoms with Crippen molar-refractivity contribution < 1.29 is 14.0 Å². The first-order valence-electron chi connectivity index (χ1n) is 9.36. The fourth-order valence-electron chi connectivity index (χ4n) is 3.58. The second kappa shape index (κ2) is 8.10. The summed E-state index contributed by atoms with van der Waals surface area (Å²) in [7, 11) is 0. The molecule has 1 aromatic heterocycles. The maximum Gasteiger partial charge on any atom is 0.225 e. The predicted molar refractivity (Wildman–Crippen MR) is 108 cm³/mol. The zero-order valence-electron chi connectivity index (χ0n) is 15.4. The summed E-state index contributed by atoms with van der Waals surface area (Å²) in [5.41, 5.74) is 0.736. The molecule has 0 radical (unpaired) electrons. The number of piperidine rings is 1. The molecule has 1 aliphatic rings. The van der Waals surface area contributed by atoms with Crippen molar-refractivity contribution in [3.8, 4) is 0 Å². The van der Waals surface area contributed by atoms with E-state index in [4.69, 9.17) is 0 Å². The average molecular weight is 396 g/mol. The molecule has 0 spiro atoms. The molecule has 1 atom stereocenters. The molecule has 0 unspecified atom stereocenters. The number of nitrogens with one attached hydrogen (secondary N) is 1. The van der Waals surface area contributed by atoms with Crippen LogP contribution in [0.5, 0.6) is 0 Å². The predicted octanol–water partition coefficient (Wildman–Crippen LogP) is 4.10. The van der Waals surface area contributed by atoms with Crippen LogP contribution in [0.4, 0.5) is 4.39 Å². The standard InChI is InChI=1S/C22H21FN2O2S/c23-18-6-3-4-15(10-18)13-25-14-17(8-9-21(25)26)22(27)24-12-19-11-16-5-1-2-7-20(16)28-19/h1-7,10-11,17H,8-9,12-14H2,(H,24,27)/t17-/m0/s1. The lowest BCUT2D eigenvalue weighted by Crippen LogP contribution is -2.45. The average Bonchev–Trinajstić information content (AvgIpc) is 3.11. The van der Waals surface area contributed by atoms with Gasteiger partial charge in [0.25, 0.3) is 0 Å². The first-order chi connectivity index (χ1) is 13.6. The Labute approximate surface area is 167 Å². The van der Waals surface area contributed by atoms with Gasteiger partial charge in [0.15, 0.2) is 0 Å². The largest absolute Gasteiger partial charge is 0.351 e. The lowest BCUT2D eigenvalue weighted by Gasteiger charge is -2.32. The molecule has 0 saturated carbocycles. The van der Waals surface area contributed by atoms with E-state index in [1.54, 1.807) is 28.4 Å². The molecule has 6 heteroatoms. The normalized spacial score (nSPS) is 17.1. The van der Waals surface area contributed by atoms with E-state index in [1.165, 1.54) is 22.2 Å². The number of hydrogen-bond donors (Lipinski definition) is 1. The molecule has 0 aliphatic carbocycles. The zero-order chi connectivity index (χ0) is 19.5. The molecular weight excluding hydrogens is 375 g/mol. The van der Waals surface area contributed by atoms with Crippen LogP contribution in [0.15, 0.2) is 54.6 Å². The van der Waals surface area contributed by atoms with Gasteiger partial charge >= 0.3 is 0 Å². The maximum atomic E-state index is 13.4. The van der Waals surface area contributed by atoms with Gasteiger partial charge in [0.1, 0.15) is 5.82 Å². The Bertz CT molecular complexity index is 983. The zero-order valence-corrected chi connectivity index (χ0v) is 16.2. The van der Waals surface area contributed by atoms with Crippen LogP contribution >= 0.6 is 11.3 Å². The van der Waals surface area contributed by atoms with Crippen molar-refractivity contribution in [2.24, 2.45) is 5.92 Å². The third-order valence-electron chi connectivity index (χ3n) is 5.05. The summed E-state index contributed by atoms with van der Waals surface area (Å²) in [6, 6.07) is 16.5. The monoisotopic (exact) mass is 396 g/mol. The van der Waals surface area contributed by atoms with Crippen LogP contribution in [0.25, 0.3) is 10.1 Å². The molecule has 2 heterocycles. The minimum atomic E-state index is -0.320. The number of benzene rings is 2. The Morgan fingerprint density at radius 1 is 1.18 bits per heavy atom. The molecule has 1 fully saturated rings. The van der Waals surface area contributed by atoms with Gasteiger partial charge in [0.05, 0.1) is 12.5 Å². The van der Waals surface area contributed by atoms with E-state index in [0.717, 1.165) is 10.4 Å².